The van der Waals surface area contributed by atoms with Crippen LogP contribution in [-0.4, -0.2) is 22.4 Å². The SMILES string of the molecule is C=C1CC[C@@H](C(C)(O)CO)C[C@@H]2C(C)=CC[C@@H]12. The summed E-state index contributed by atoms with van der Waals surface area (Å²) in [6.45, 7) is 8.01. The summed E-state index contributed by atoms with van der Waals surface area (Å²) in [5, 5.41) is 19.6. The van der Waals surface area contributed by atoms with Gasteiger partial charge in [-0.15, -0.1) is 0 Å². The molecule has 96 valence electrons. The summed E-state index contributed by atoms with van der Waals surface area (Å²) in [4.78, 5) is 0. The molecule has 0 spiro atoms. The van der Waals surface area contributed by atoms with Crippen LogP contribution in [0.5, 0.6) is 0 Å². The molecule has 2 heteroatoms. The van der Waals surface area contributed by atoms with Gasteiger partial charge >= 0.3 is 0 Å². The molecule has 0 bridgehead atoms. The van der Waals surface area contributed by atoms with Gasteiger partial charge in [0.1, 0.15) is 0 Å². The molecule has 1 fully saturated rings. The van der Waals surface area contributed by atoms with Crippen LogP contribution in [0.2, 0.25) is 0 Å². The second-order valence-electron chi connectivity index (χ2n) is 6.04. The Morgan fingerprint density at radius 3 is 2.82 bits per heavy atom. The lowest BCUT2D eigenvalue weighted by molar-refractivity contribution is -0.0541. The zero-order valence-electron chi connectivity index (χ0n) is 10.9. The van der Waals surface area contributed by atoms with Crippen molar-refractivity contribution in [1.29, 1.82) is 0 Å². The van der Waals surface area contributed by atoms with Gasteiger partial charge in [-0.25, -0.2) is 0 Å². The fourth-order valence-corrected chi connectivity index (χ4v) is 3.41. The van der Waals surface area contributed by atoms with Crippen LogP contribution in [0.15, 0.2) is 23.8 Å². The van der Waals surface area contributed by atoms with Crippen LogP contribution in [0.3, 0.4) is 0 Å². The fourth-order valence-electron chi connectivity index (χ4n) is 3.41. The van der Waals surface area contributed by atoms with E-state index in [1.165, 1.54) is 11.1 Å². The average molecular weight is 236 g/mol. The lowest BCUT2D eigenvalue weighted by Crippen LogP contribution is -2.39. The van der Waals surface area contributed by atoms with Crippen molar-refractivity contribution < 1.29 is 10.2 Å². The average Bonchev–Trinajstić information content (AvgIpc) is 2.55. The van der Waals surface area contributed by atoms with Gasteiger partial charge in [-0.05, 0) is 57.3 Å². The van der Waals surface area contributed by atoms with Crippen molar-refractivity contribution >= 4 is 0 Å². The highest BCUT2D eigenvalue weighted by atomic mass is 16.3. The van der Waals surface area contributed by atoms with Crippen molar-refractivity contribution in [3.05, 3.63) is 23.8 Å². The highest BCUT2D eigenvalue weighted by molar-refractivity contribution is 5.22. The molecule has 0 aliphatic heterocycles. The Morgan fingerprint density at radius 2 is 2.18 bits per heavy atom. The molecule has 2 aliphatic rings. The van der Waals surface area contributed by atoms with Crippen molar-refractivity contribution in [2.45, 2.75) is 45.1 Å². The van der Waals surface area contributed by atoms with Gasteiger partial charge in [0.15, 0.2) is 0 Å². The molecular formula is C15H24O2. The standard InChI is InChI=1S/C15H24O2/c1-10-4-6-12(15(3,17)9-16)8-14-11(2)5-7-13(10)14/h5,12-14,16-17H,1,4,6-9H2,2-3H3/t12-,13+,14-,15?/m1/s1. The Morgan fingerprint density at radius 1 is 1.47 bits per heavy atom. The van der Waals surface area contributed by atoms with Crippen LogP contribution in [-0.2, 0) is 0 Å². The van der Waals surface area contributed by atoms with Crippen molar-refractivity contribution in [2.75, 3.05) is 6.61 Å². The fraction of sp³-hybridized carbons (Fsp3) is 0.733. The summed E-state index contributed by atoms with van der Waals surface area (Å²) in [6, 6.07) is 0. The third-order valence-corrected chi connectivity index (χ3v) is 4.84. The molecule has 2 aliphatic carbocycles. The van der Waals surface area contributed by atoms with Crippen molar-refractivity contribution in [3.63, 3.8) is 0 Å². The van der Waals surface area contributed by atoms with Crippen LogP contribution in [0.4, 0.5) is 0 Å². The summed E-state index contributed by atoms with van der Waals surface area (Å²) in [6.07, 6.45) is 6.36. The van der Waals surface area contributed by atoms with E-state index in [4.69, 9.17) is 0 Å². The molecule has 1 unspecified atom stereocenters. The summed E-state index contributed by atoms with van der Waals surface area (Å²) < 4.78 is 0. The van der Waals surface area contributed by atoms with Crippen LogP contribution >= 0.6 is 0 Å². The van der Waals surface area contributed by atoms with Gasteiger partial charge < -0.3 is 10.2 Å². The van der Waals surface area contributed by atoms with E-state index < -0.39 is 5.60 Å². The quantitative estimate of drug-likeness (QED) is 0.724. The lowest BCUT2D eigenvalue weighted by atomic mass is 9.78. The van der Waals surface area contributed by atoms with Crippen LogP contribution < -0.4 is 0 Å². The van der Waals surface area contributed by atoms with Gasteiger partial charge in [0.2, 0.25) is 0 Å². The molecular weight excluding hydrogens is 212 g/mol. The summed E-state index contributed by atoms with van der Waals surface area (Å²) in [7, 11) is 0. The molecule has 2 nitrogen and oxygen atoms in total. The van der Waals surface area contributed by atoms with Gasteiger partial charge in [0, 0.05) is 0 Å². The van der Waals surface area contributed by atoms with Crippen LogP contribution in [0.1, 0.15) is 39.5 Å². The normalized spacial score (nSPS) is 37.1. The van der Waals surface area contributed by atoms with E-state index in [0.717, 1.165) is 25.7 Å². The van der Waals surface area contributed by atoms with Crippen molar-refractivity contribution in [3.8, 4) is 0 Å². The van der Waals surface area contributed by atoms with Gasteiger partial charge in [-0.3, -0.25) is 0 Å². The first kappa shape index (κ1) is 12.8. The number of rotatable bonds is 2. The molecule has 1 saturated carbocycles. The van der Waals surface area contributed by atoms with Gasteiger partial charge in [-0.1, -0.05) is 23.8 Å². The monoisotopic (exact) mass is 236 g/mol. The van der Waals surface area contributed by atoms with Crippen LogP contribution in [0, 0.1) is 17.8 Å². The maximum atomic E-state index is 10.3. The lowest BCUT2D eigenvalue weighted by Gasteiger charge is -2.32. The highest BCUT2D eigenvalue weighted by Crippen LogP contribution is 2.46. The molecule has 2 N–H and O–H groups in total. The largest absolute Gasteiger partial charge is 0.393 e. The molecule has 0 saturated heterocycles. The van der Waals surface area contributed by atoms with E-state index in [-0.39, 0.29) is 12.5 Å². The molecule has 0 heterocycles. The number of allylic oxidation sites excluding steroid dienone is 3. The predicted molar refractivity (Wildman–Crippen MR) is 69.5 cm³/mol. The van der Waals surface area contributed by atoms with Gasteiger partial charge in [0.25, 0.3) is 0 Å². The molecule has 0 aromatic carbocycles. The van der Waals surface area contributed by atoms with Crippen LogP contribution in [0.25, 0.3) is 0 Å². The number of fused-ring (bicyclic) bond motifs is 1. The zero-order valence-corrected chi connectivity index (χ0v) is 10.9. The molecule has 0 aromatic heterocycles. The molecule has 4 atom stereocenters. The topological polar surface area (TPSA) is 40.5 Å². The molecule has 0 radical (unpaired) electrons. The molecule has 17 heavy (non-hydrogen) atoms. The number of aliphatic hydroxyl groups is 2. The van der Waals surface area contributed by atoms with E-state index in [9.17, 15) is 10.2 Å². The minimum atomic E-state index is -0.946. The minimum absolute atomic E-state index is 0.149. The van der Waals surface area contributed by atoms with Gasteiger partial charge in [-0.2, -0.15) is 0 Å². The van der Waals surface area contributed by atoms with E-state index in [1.807, 2.05) is 0 Å². The Balaban J connectivity index is 2.19. The van der Waals surface area contributed by atoms with Crippen molar-refractivity contribution in [1.82, 2.24) is 0 Å². The smallest absolute Gasteiger partial charge is 0.0877 e. The van der Waals surface area contributed by atoms with E-state index in [0.29, 0.717) is 11.8 Å². The number of hydrogen-bond donors (Lipinski definition) is 2. The molecule has 0 aromatic rings. The van der Waals surface area contributed by atoms with Crippen molar-refractivity contribution in [2.24, 2.45) is 17.8 Å². The Kier molecular flexibility index (Phi) is 3.46. The van der Waals surface area contributed by atoms with E-state index in [1.54, 1.807) is 6.92 Å². The van der Waals surface area contributed by atoms with E-state index >= 15 is 0 Å². The predicted octanol–water partition coefficient (Wildman–Crippen LogP) is 2.67. The highest BCUT2D eigenvalue weighted by Gasteiger charge is 2.40. The number of aliphatic hydroxyl groups excluding tert-OH is 1. The first-order valence-electron chi connectivity index (χ1n) is 6.63. The number of hydrogen-bond acceptors (Lipinski definition) is 2. The second-order valence-corrected chi connectivity index (χ2v) is 6.04. The summed E-state index contributed by atoms with van der Waals surface area (Å²) >= 11 is 0. The third-order valence-electron chi connectivity index (χ3n) is 4.84. The maximum Gasteiger partial charge on any atom is 0.0877 e. The minimum Gasteiger partial charge on any atom is -0.393 e. The first-order valence-corrected chi connectivity index (χ1v) is 6.63. The van der Waals surface area contributed by atoms with E-state index in [2.05, 4.69) is 19.6 Å². The Hall–Kier alpha value is -0.600. The Labute approximate surface area is 104 Å². The first-order chi connectivity index (χ1) is 7.95. The van der Waals surface area contributed by atoms with Gasteiger partial charge in [0.05, 0.1) is 12.2 Å². The Bertz CT molecular complexity index is 341. The summed E-state index contributed by atoms with van der Waals surface area (Å²) in [5.74, 6) is 1.29. The third kappa shape index (κ3) is 2.34. The molecule has 2 rings (SSSR count). The maximum absolute atomic E-state index is 10.3. The zero-order chi connectivity index (χ0) is 12.6. The summed E-state index contributed by atoms with van der Waals surface area (Å²) in [5.41, 5.74) is 1.83. The molecule has 0 amide bonds. The second kappa shape index (κ2) is 4.58.